The standard InChI is InChI=1S/C19H21Cl2N3O3S/c20-14-11-15(21)13-18(12-14)28(26,27)23-17-7-5-16(6-8-17)22-19(25)24-9-3-1-2-4-10-24/h5-8,11-13,23H,1-4,9-10H2,(H,22,25). The highest BCUT2D eigenvalue weighted by Crippen LogP contribution is 2.25. The van der Waals surface area contributed by atoms with Crippen molar-refractivity contribution in [2.75, 3.05) is 23.1 Å². The van der Waals surface area contributed by atoms with Crippen molar-refractivity contribution >= 4 is 50.6 Å². The molecule has 6 nitrogen and oxygen atoms in total. The fourth-order valence-corrected chi connectivity index (χ4v) is 4.78. The Morgan fingerprint density at radius 2 is 1.39 bits per heavy atom. The number of halogens is 2. The van der Waals surface area contributed by atoms with E-state index in [9.17, 15) is 13.2 Å². The molecule has 1 aliphatic rings. The van der Waals surface area contributed by atoms with Crippen LogP contribution in [0.15, 0.2) is 47.4 Å². The molecule has 0 aliphatic carbocycles. The lowest BCUT2D eigenvalue weighted by atomic mass is 10.2. The molecule has 150 valence electrons. The van der Waals surface area contributed by atoms with Crippen molar-refractivity contribution in [1.29, 1.82) is 0 Å². The molecule has 1 heterocycles. The maximum absolute atomic E-state index is 12.5. The summed E-state index contributed by atoms with van der Waals surface area (Å²) in [6.45, 7) is 1.51. The Labute approximate surface area is 174 Å². The molecule has 1 fully saturated rings. The first-order chi connectivity index (χ1) is 13.3. The van der Waals surface area contributed by atoms with Gasteiger partial charge in [-0.05, 0) is 55.3 Å². The van der Waals surface area contributed by atoms with Gasteiger partial charge in [0.25, 0.3) is 10.0 Å². The molecule has 1 aliphatic heterocycles. The number of nitrogens with zero attached hydrogens (tertiary/aromatic N) is 1. The Hall–Kier alpha value is -1.96. The maximum atomic E-state index is 12.5. The Kier molecular flexibility index (Phi) is 6.69. The number of urea groups is 1. The molecule has 0 atom stereocenters. The molecule has 3 rings (SSSR count). The average Bonchev–Trinajstić information content (AvgIpc) is 2.92. The first-order valence-electron chi connectivity index (χ1n) is 8.98. The van der Waals surface area contributed by atoms with E-state index in [1.807, 2.05) is 4.90 Å². The van der Waals surface area contributed by atoms with Crippen LogP contribution in [-0.4, -0.2) is 32.4 Å². The highest BCUT2D eigenvalue weighted by Gasteiger charge is 2.17. The summed E-state index contributed by atoms with van der Waals surface area (Å²) in [7, 11) is -3.83. The van der Waals surface area contributed by atoms with Crippen LogP contribution in [-0.2, 0) is 10.0 Å². The summed E-state index contributed by atoms with van der Waals surface area (Å²) in [6, 6.07) is 10.4. The number of likely N-dealkylation sites (tertiary alicyclic amines) is 1. The van der Waals surface area contributed by atoms with E-state index in [1.54, 1.807) is 24.3 Å². The summed E-state index contributed by atoms with van der Waals surface area (Å²) < 4.78 is 27.5. The van der Waals surface area contributed by atoms with E-state index in [0.717, 1.165) is 38.8 Å². The number of nitrogens with one attached hydrogen (secondary N) is 2. The van der Waals surface area contributed by atoms with Gasteiger partial charge in [-0.2, -0.15) is 0 Å². The molecule has 0 saturated carbocycles. The van der Waals surface area contributed by atoms with E-state index >= 15 is 0 Å². The summed E-state index contributed by atoms with van der Waals surface area (Å²) in [4.78, 5) is 14.1. The van der Waals surface area contributed by atoms with E-state index in [4.69, 9.17) is 23.2 Å². The van der Waals surface area contributed by atoms with E-state index in [1.165, 1.54) is 18.2 Å². The highest BCUT2D eigenvalue weighted by atomic mass is 35.5. The van der Waals surface area contributed by atoms with Crippen LogP contribution in [0, 0.1) is 0 Å². The quantitative estimate of drug-likeness (QED) is 0.683. The van der Waals surface area contributed by atoms with Gasteiger partial charge in [-0.15, -0.1) is 0 Å². The second-order valence-corrected chi connectivity index (χ2v) is 9.17. The number of hydrogen-bond acceptors (Lipinski definition) is 3. The molecular weight excluding hydrogens is 421 g/mol. The van der Waals surface area contributed by atoms with Crippen LogP contribution < -0.4 is 10.0 Å². The van der Waals surface area contributed by atoms with Crippen molar-refractivity contribution in [2.24, 2.45) is 0 Å². The lowest BCUT2D eigenvalue weighted by Gasteiger charge is -2.20. The summed E-state index contributed by atoms with van der Waals surface area (Å²) in [5.74, 6) is 0. The molecule has 2 amide bonds. The summed E-state index contributed by atoms with van der Waals surface area (Å²) in [5, 5.41) is 3.32. The van der Waals surface area contributed by atoms with Gasteiger partial charge in [0.15, 0.2) is 0 Å². The van der Waals surface area contributed by atoms with E-state index in [0.29, 0.717) is 11.4 Å². The van der Waals surface area contributed by atoms with E-state index in [-0.39, 0.29) is 21.0 Å². The van der Waals surface area contributed by atoms with E-state index in [2.05, 4.69) is 10.0 Å². The third-order valence-corrected chi connectivity index (χ3v) is 6.23. The van der Waals surface area contributed by atoms with Crippen molar-refractivity contribution < 1.29 is 13.2 Å². The van der Waals surface area contributed by atoms with Crippen molar-refractivity contribution in [2.45, 2.75) is 30.6 Å². The summed E-state index contributed by atoms with van der Waals surface area (Å²) in [6.07, 6.45) is 4.33. The van der Waals surface area contributed by atoms with Crippen LogP contribution in [0.1, 0.15) is 25.7 Å². The maximum Gasteiger partial charge on any atom is 0.321 e. The van der Waals surface area contributed by atoms with Crippen LogP contribution in [0.25, 0.3) is 0 Å². The smallest absolute Gasteiger partial charge is 0.321 e. The zero-order chi connectivity index (χ0) is 20.1. The molecule has 0 radical (unpaired) electrons. The van der Waals surface area contributed by atoms with Gasteiger partial charge in [-0.3, -0.25) is 4.72 Å². The van der Waals surface area contributed by atoms with Gasteiger partial charge in [0, 0.05) is 34.5 Å². The largest absolute Gasteiger partial charge is 0.325 e. The first kappa shape index (κ1) is 20.8. The summed E-state index contributed by atoms with van der Waals surface area (Å²) >= 11 is 11.8. The third-order valence-electron chi connectivity index (χ3n) is 4.43. The molecule has 2 aromatic rings. The zero-order valence-corrected chi connectivity index (χ0v) is 17.4. The lowest BCUT2D eigenvalue weighted by Crippen LogP contribution is -2.35. The minimum atomic E-state index is -3.83. The molecular formula is C19H21Cl2N3O3S. The van der Waals surface area contributed by atoms with Crippen LogP contribution in [0.3, 0.4) is 0 Å². The predicted octanol–water partition coefficient (Wildman–Crippen LogP) is 5.20. The lowest BCUT2D eigenvalue weighted by molar-refractivity contribution is 0.214. The van der Waals surface area contributed by atoms with Gasteiger partial charge >= 0.3 is 6.03 Å². The Morgan fingerprint density at radius 1 is 0.857 bits per heavy atom. The average molecular weight is 442 g/mol. The Bertz CT molecular complexity index is 921. The van der Waals surface area contributed by atoms with Crippen LogP contribution in [0.5, 0.6) is 0 Å². The number of amides is 2. The molecule has 2 N–H and O–H groups in total. The van der Waals surface area contributed by atoms with Crippen LogP contribution >= 0.6 is 23.2 Å². The first-order valence-corrected chi connectivity index (χ1v) is 11.2. The van der Waals surface area contributed by atoms with Crippen LogP contribution in [0.4, 0.5) is 16.2 Å². The molecule has 28 heavy (non-hydrogen) atoms. The number of hydrogen-bond donors (Lipinski definition) is 2. The Morgan fingerprint density at radius 3 is 1.96 bits per heavy atom. The predicted molar refractivity (Wildman–Crippen MR) is 113 cm³/mol. The zero-order valence-electron chi connectivity index (χ0n) is 15.1. The minimum absolute atomic E-state index is 0.0245. The van der Waals surface area contributed by atoms with Gasteiger partial charge in [-0.25, -0.2) is 13.2 Å². The molecule has 0 aromatic heterocycles. The molecule has 9 heteroatoms. The molecule has 0 bridgehead atoms. The number of benzene rings is 2. The number of carbonyl (C=O) groups excluding carboxylic acids is 1. The third kappa shape index (κ3) is 5.53. The molecule has 0 spiro atoms. The molecule has 1 saturated heterocycles. The van der Waals surface area contributed by atoms with Crippen LogP contribution in [0.2, 0.25) is 10.0 Å². The highest BCUT2D eigenvalue weighted by molar-refractivity contribution is 7.92. The monoisotopic (exact) mass is 441 g/mol. The van der Waals surface area contributed by atoms with Gasteiger partial charge in [0.1, 0.15) is 0 Å². The number of carbonyl (C=O) groups is 1. The second kappa shape index (κ2) is 9.03. The topological polar surface area (TPSA) is 78.5 Å². The number of sulfonamides is 1. The summed E-state index contributed by atoms with van der Waals surface area (Å²) in [5.41, 5.74) is 0.965. The van der Waals surface area contributed by atoms with Crippen molar-refractivity contribution in [3.05, 3.63) is 52.5 Å². The SMILES string of the molecule is O=C(Nc1ccc(NS(=O)(=O)c2cc(Cl)cc(Cl)c2)cc1)N1CCCCCC1. The number of anilines is 2. The van der Waals surface area contributed by atoms with Crippen molar-refractivity contribution in [1.82, 2.24) is 4.90 Å². The van der Waals surface area contributed by atoms with Gasteiger partial charge in [-0.1, -0.05) is 36.0 Å². The van der Waals surface area contributed by atoms with Crippen molar-refractivity contribution in [3.8, 4) is 0 Å². The van der Waals surface area contributed by atoms with Gasteiger partial charge < -0.3 is 10.2 Å². The Balaban J connectivity index is 1.66. The van der Waals surface area contributed by atoms with Gasteiger partial charge in [0.2, 0.25) is 0 Å². The van der Waals surface area contributed by atoms with E-state index < -0.39 is 10.0 Å². The molecule has 2 aromatic carbocycles. The normalized spacial score (nSPS) is 15.0. The van der Waals surface area contributed by atoms with Crippen molar-refractivity contribution in [3.63, 3.8) is 0 Å². The number of rotatable bonds is 4. The minimum Gasteiger partial charge on any atom is -0.325 e. The molecule has 0 unspecified atom stereocenters. The fraction of sp³-hybridized carbons (Fsp3) is 0.316. The second-order valence-electron chi connectivity index (χ2n) is 6.62. The fourth-order valence-electron chi connectivity index (χ4n) is 3.00. The van der Waals surface area contributed by atoms with Gasteiger partial charge in [0.05, 0.1) is 4.90 Å².